The third-order valence-electron chi connectivity index (χ3n) is 4.19. The fourth-order valence-corrected chi connectivity index (χ4v) is 4.23. The quantitative estimate of drug-likeness (QED) is 0.814. The fourth-order valence-electron chi connectivity index (χ4n) is 2.80. The van der Waals surface area contributed by atoms with Gasteiger partial charge < -0.3 is 0 Å². The average Bonchev–Trinajstić information content (AvgIpc) is 2.90. The van der Waals surface area contributed by atoms with Crippen molar-refractivity contribution in [2.24, 2.45) is 0 Å². The SMILES string of the molecule is CC(C)c1n[nH]c(C(C)C)c1Cc1ccc(S(=O)(=O)N(C)C)c(Cl)c1. The minimum absolute atomic E-state index is 0.128. The van der Waals surface area contributed by atoms with Crippen LogP contribution in [-0.2, 0) is 16.4 Å². The zero-order chi connectivity index (χ0) is 18.9. The molecule has 5 nitrogen and oxygen atoms in total. The van der Waals surface area contributed by atoms with Crippen molar-refractivity contribution in [3.8, 4) is 0 Å². The predicted octanol–water partition coefficient (Wildman–Crippen LogP) is 4.15. The minimum atomic E-state index is -3.55. The zero-order valence-electron chi connectivity index (χ0n) is 15.6. The first-order valence-corrected chi connectivity index (χ1v) is 10.2. The van der Waals surface area contributed by atoms with E-state index in [0.717, 1.165) is 21.3 Å². The highest BCUT2D eigenvalue weighted by atomic mass is 35.5. The second kappa shape index (κ2) is 7.48. The lowest BCUT2D eigenvalue weighted by Gasteiger charge is -2.14. The monoisotopic (exact) mass is 383 g/mol. The summed E-state index contributed by atoms with van der Waals surface area (Å²) in [5.74, 6) is 0.640. The smallest absolute Gasteiger partial charge is 0.244 e. The molecule has 0 amide bonds. The molecule has 0 saturated heterocycles. The molecule has 0 saturated carbocycles. The molecule has 0 radical (unpaired) electrons. The molecule has 7 heteroatoms. The van der Waals surface area contributed by atoms with E-state index in [4.69, 9.17) is 11.6 Å². The summed E-state index contributed by atoms with van der Waals surface area (Å²) in [5, 5.41) is 7.87. The molecular formula is C18H26ClN3O2S. The Balaban J connectivity index is 2.43. The Kier molecular flexibility index (Phi) is 5.97. The van der Waals surface area contributed by atoms with Gasteiger partial charge in [0, 0.05) is 31.8 Å². The van der Waals surface area contributed by atoms with Crippen molar-refractivity contribution in [1.82, 2.24) is 14.5 Å². The van der Waals surface area contributed by atoms with Crippen molar-refractivity contribution in [1.29, 1.82) is 0 Å². The van der Waals surface area contributed by atoms with Crippen LogP contribution in [0, 0.1) is 0 Å². The van der Waals surface area contributed by atoms with Gasteiger partial charge in [-0.05, 0) is 29.5 Å². The number of aromatic amines is 1. The summed E-state index contributed by atoms with van der Waals surface area (Å²) in [6, 6.07) is 5.14. The Morgan fingerprint density at radius 3 is 2.28 bits per heavy atom. The first-order valence-electron chi connectivity index (χ1n) is 8.33. The third-order valence-corrected chi connectivity index (χ3v) is 6.49. The van der Waals surface area contributed by atoms with Gasteiger partial charge in [0.15, 0.2) is 0 Å². The van der Waals surface area contributed by atoms with E-state index in [1.807, 2.05) is 6.07 Å². The first-order chi connectivity index (χ1) is 11.6. The predicted molar refractivity (Wildman–Crippen MR) is 102 cm³/mol. The molecule has 0 aliphatic carbocycles. The van der Waals surface area contributed by atoms with E-state index >= 15 is 0 Å². The summed E-state index contributed by atoms with van der Waals surface area (Å²) >= 11 is 6.27. The molecule has 1 N–H and O–H groups in total. The van der Waals surface area contributed by atoms with E-state index in [0.29, 0.717) is 18.3 Å². The number of hydrogen-bond acceptors (Lipinski definition) is 3. The van der Waals surface area contributed by atoms with Crippen molar-refractivity contribution < 1.29 is 8.42 Å². The number of nitrogens with zero attached hydrogens (tertiary/aromatic N) is 2. The lowest BCUT2D eigenvalue weighted by Crippen LogP contribution is -2.22. The molecule has 2 aromatic rings. The Morgan fingerprint density at radius 1 is 1.16 bits per heavy atom. The highest BCUT2D eigenvalue weighted by Gasteiger charge is 2.22. The van der Waals surface area contributed by atoms with Gasteiger partial charge in [0.25, 0.3) is 0 Å². The maximum Gasteiger partial charge on any atom is 0.244 e. The molecule has 1 aromatic carbocycles. The molecule has 0 aliphatic heterocycles. The van der Waals surface area contributed by atoms with Gasteiger partial charge in [-0.15, -0.1) is 0 Å². The van der Waals surface area contributed by atoms with Crippen LogP contribution in [0.15, 0.2) is 23.1 Å². The van der Waals surface area contributed by atoms with Gasteiger partial charge in [-0.3, -0.25) is 5.10 Å². The summed E-state index contributed by atoms with van der Waals surface area (Å²) in [6.45, 7) is 8.48. The Morgan fingerprint density at radius 2 is 1.80 bits per heavy atom. The van der Waals surface area contributed by atoms with E-state index in [9.17, 15) is 8.42 Å². The number of H-pyrrole nitrogens is 1. The molecule has 0 atom stereocenters. The van der Waals surface area contributed by atoms with Gasteiger partial charge in [-0.2, -0.15) is 5.10 Å². The van der Waals surface area contributed by atoms with Crippen LogP contribution in [0.1, 0.15) is 62.0 Å². The number of hydrogen-bond donors (Lipinski definition) is 1. The van der Waals surface area contributed by atoms with Crippen LogP contribution in [0.2, 0.25) is 5.02 Å². The molecule has 25 heavy (non-hydrogen) atoms. The molecule has 138 valence electrons. The van der Waals surface area contributed by atoms with Crippen molar-refractivity contribution in [3.05, 3.63) is 45.7 Å². The second-order valence-corrected chi connectivity index (χ2v) is 9.57. The van der Waals surface area contributed by atoms with Crippen LogP contribution in [0.4, 0.5) is 0 Å². The fraction of sp³-hybridized carbons (Fsp3) is 0.500. The zero-order valence-corrected chi connectivity index (χ0v) is 17.2. The second-order valence-electron chi connectivity index (χ2n) is 7.04. The van der Waals surface area contributed by atoms with Gasteiger partial charge in [0.05, 0.1) is 10.7 Å². The highest BCUT2D eigenvalue weighted by Crippen LogP contribution is 2.30. The number of halogens is 1. The maximum absolute atomic E-state index is 12.3. The van der Waals surface area contributed by atoms with Crippen LogP contribution < -0.4 is 0 Å². The maximum atomic E-state index is 12.3. The van der Waals surface area contributed by atoms with Crippen molar-refractivity contribution in [2.75, 3.05) is 14.1 Å². The number of nitrogens with one attached hydrogen (secondary N) is 1. The van der Waals surface area contributed by atoms with Gasteiger partial charge in [-0.25, -0.2) is 12.7 Å². The highest BCUT2D eigenvalue weighted by molar-refractivity contribution is 7.89. The van der Waals surface area contributed by atoms with Crippen LogP contribution in [0.25, 0.3) is 0 Å². The van der Waals surface area contributed by atoms with Gasteiger partial charge in [0.1, 0.15) is 4.90 Å². The summed E-state index contributed by atoms with van der Waals surface area (Å²) < 4.78 is 25.8. The molecular weight excluding hydrogens is 358 g/mol. The summed E-state index contributed by atoms with van der Waals surface area (Å²) in [7, 11) is -0.557. The average molecular weight is 384 g/mol. The summed E-state index contributed by atoms with van der Waals surface area (Å²) in [4.78, 5) is 0.128. The molecule has 0 spiro atoms. The number of rotatable bonds is 6. The first kappa shape index (κ1) is 19.9. The topological polar surface area (TPSA) is 66.1 Å². The Labute approximate surface area is 155 Å². The Hall–Kier alpha value is -1.37. The van der Waals surface area contributed by atoms with Crippen LogP contribution in [0.5, 0.6) is 0 Å². The number of sulfonamides is 1. The third kappa shape index (κ3) is 4.07. The molecule has 0 bridgehead atoms. The van der Waals surface area contributed by atoms with E-state index in [-0.39, 0.29) is 9.92 Å². The van der Waals surface area contributed by atoms with Crippen molar-refractivity contribution >= 4 is 21.6 Å². The van der Waals surface area contributed by atoms with Crippen molar-refractivity contribution in [3.63, 3.8) is 0 Å². The number of benzene rings is 1. The molecule has 1 heterocycles. The molecule has 2 rings (SSSR count). The van der Waals surface area contributed by atoms with E-state index in [1.54, 1.807) is 12.1 Å². The van der Waals surface area contributed by atoms with Crippen molar-refractivity contribution in [2.45, 2.75) is 50.8 Å². The van der Waals surface area contributed by atoms with Gasteiger partial charge in [-0.1, -0.05) is 45.4 Å². The lowest BCUT2D eigenvalue weighted by atomic mass is 9.94. The molecule has 0 aliphatic rings. The van der Waals surface area contributed by atoms with Crippen LogP contribution >= 0.6 is 11.6 Å². The Bertz CT molecular complexity index is 830. The van der Waals surface area contributed by atoms with Crippen LogP contribution in [-0.4, -0.2) is 37.0 Å². The molecule has 0 fully saturated rings. The largest absolute Gasteiger partial charge is 0.282 e. The van der Waals surface area contributed by atoms with E-state index in [2.05, 4.69) is 37.9 Å². The standard InChI is InChI=1S/C18H26ClN3O2S/c1-11(2)17-14(18(12(3)4)21-20-17)9-13-7-8-16(15(19)10-13)25(23,24)22(5)6/h7-8,10-12H,9H2,1-6H3,(H,20,21). The van der Waals surface area contributed by atoms with E-state index < -0.39 is 10.0 Å². The van der Waals surface area contributed by atoms with Gasteiger partial charge in [0.2, 0.25) is 10.0 Å². The summed E-state index contributed by atoms with van der Waals surface area (Å²) in [5.41, 5.74) is 4.30. The minimum Gasteiger partial charge on any atom is -0.282 e. The lowest BCUT2D eigenvalue weighted by molar-refractivity contribution is 0.521. The normalized spacial score (nSPS) is 12.6. The molecule has 0 unspecified atom stereocenters. The van der Waals surface area contributed by atoms with Crippen LogP contribution in [0.3, 0.4) is 0 Å². The number of aromatic nitrogens is 2. The van der Waals surface area contributed by atoms with Gasteiger partial charge >= 0.3 is 0 Å². The molecule has 1 aromatic heterocycles. The van der Waals surface area contributed by atoms with E-state index in [1.165, 1.54) is 19.7 Å². The summed E-state index contributed by atoms with van der Waals surface area (Å²) in [6.07, 6.45) is 0.666.